The van der Waals surface area contributed by atoms with Gasteiger partial charge in [0.15, 0.2) is 0 Å². The number of nitrogens with one attached hydrogen (secondary N) is 1. The van der Waals surface area contributed by atoms with Crippen LogP contribution < -0.4 is 5.32 Å². The van der Waals surface area contributed by atoms with E-state index in [0.29, 0.717) is 0 Å². The Morgan fingerprint density at radius 2 is 2.29 bits per heavy atom. The van der Waals surface area contributed by atoms with Gasteiger partial charge in [-0.25, -0.2) is 0 Å². The number of aryl methyl sites for hydroxylation is 2. The molecular weight excluding hydrogens is 198 g/mol. The van der Waals surface area contributed by atoms with E-state index in [0.717, 1.165) is 42.6 Å². The second kappa shape index (κ2) is 3.91. The van der Waals surface area contributed by atoms with Crippen LogP contribution in [-0.2, 0) is 19.9 Å². The first kappa shape index (κ1) is 9.99. The van der Waals surface area contributed by atoms with Crippen LogP contribution in [-0.4, -0.2) is 22.9 Å². The molecule has 4 heteroatoms. The fourth-order valence-corrected chi connectivity index (χ4v) is 2.18. The normalized spacial score (nSPS) is 17.1. The van der Waals surface area contributed by atoms with Crippen LogP contribution in [0.2, 0.25) is 5.02 Å². The van der Waals surface area contributed by atoms with Crippen LogP contribution in [0.4, 0.5) is 0 Å². The van der Waals surface area contributed by atoms with Crippen molar-refractivity contribution in [3.63, 3.8) is 0 Å². The molecule has 1 aliphatic heterocycles. The van der Waals surface area contributed by atoms with Gasteiger partial charge in [0.05, 0.1) is 16.4 Å². The molecule has 1 fully saturated rings. The fourth-order valence-electron chi connectivity index (χ4n) is 1.81. The lowest BCUT2D eigenvalue weighted by Gasteiger charge is -2.26. The van der Waals surface area contributed by atoms with E-state index in [-0.39, 0.29) is 0 Å². The third-order valence-electron chi connectivity index (χ3n) is 2.85. The van der Waals surface area contributed by atoms with Crippen LogP contribution in [0.1, 0.15) is 18.3 Å². The third kappa shape index (κ3) is 1.66. The Bertz CT molecular complexity index is 328. The molecule has 0 aromatic carbocycles. The molecule has 14 heavy (non-hydrogen) atoms. The van der Waals surface area contributed by atoms with Gasteiger partial charge in [-0.15, -0.1) is 0 Å². The molecule has 0 bridgehead atoms. The largest absolute Gasteiger partial charge is 0.316 e. The zero-order valence-corrected chi connectivity index (χ0v) is 9.43. The summed E-state index contributed by atoms with van der Waals surface area (Å²) in [5.74, 6) is 0.743. The smallest absolute Gasteiger partial charge is 0.0849 e. The Hall–Kier alpha value is -0.540. The summed E-state index contributed by atoms with van der Waals surface area (Å²) in [5, 5.41) is 8.55. The van der Waals surface area contributed by atoms with E-state index < -0.39 is 0 Å². The molecule has 0 spiro atoms. The van der Waals surface area contributed by atoms with Gasteiger partial charge in [-0.05, 0) is 31.8 Å². The molecule has 1 aliphatic rings. The Balaban J connectivity index is 2.18. The van der Waals surface area contributed by atoms with E-state index in [1.807, 2.05) is 11.7 Å². The number of hydrogen-bond acceptors (Lipinski definition) is 2. The minimum Gasteiger partial charge on any atom is -0.316 e. The Morgan fingerprint density at radius 3 is 2.71 bits per heavy atom. The van der Waals surface area contributed by atoms with Gasteiger partial charge < -0.3 is 5.32 Å². The molecule has 0 saturated carbocycles. The van der Waals surface area contributed by atoms with E-state index >= 15 is 0 Å². The minimum absolute atomic E-state index is 0.743. The summed E-state index contributed by atoms with van der Waals surface area (Å²) < 4.78 is 1.93. The SMILES string of the molecule is CCc1nn(C)c(CC2CNC2)c1Cl. The third-order valence-corrected chi connectivity index (χ3v) is 3.29. The maximum absolute atomic E-state index is 6.25. The zero-order chi connectivity index (χ0) is 10.1. The molecule has 1 aromatic rings. The molecule has 0 amide bonds. The van der Waals surface area contributed by atoms with Crippen molar-refractivity contribution in [1.29, 1.82) is 0 Å². The van der Waals surface area contributed by atoms with Crippen molar-refractivity contribution in [2.45, 2.75) is 19.8 Å². The van der Waals surface area contributed by atoms with Crippen molar-refractivity contribution in [2.75, 3.05) is 13.1 Å². The van der Waals surface area contributed by atoms with Gasteiger partial charge in [0.2, 0.25) is 0 Å². The van der Waals surface area contributed by atoms with Gasteiger partial charge in [-0.2, -0.15) is 5.10 Å². The van der Waals surface area contributed by atoms with Gasteiger partial charge in [-0.1, -0.05) is 18.5 Å². The Labute approximate surface area is 89.4 Å². The lowest BCUT2D eigenvalue weighted by Crippen LogP contribution is -2.43. The van der Waals surface area contributed by atoms with E-state index in [9.17, 15) is 0 Å². The maximum Gasteiger partial charge on any atom is 0.0849 e. The van der Waals surface area contributed by atoms with Gasteiger partial charge in [-0.3, -0.25) is 4.68 Å². The van der Waals surface area contributed by atoms with E-state index in [4.69, 9.17) is 11.6 Å². The van der Waals surface area contributed by atoms with Crippen LogP contribution in [0, 0.1) is 5.92 Å². The molecule has 1 aromatic heterocycles. The van der Waals surface area contributed by atoms with Crippen LogP contribution in [0.3, 0.4) is 0 Å². The van der Waals surface area contributed by atoms with Gasteiger partial charge >= 0.3 is 0 Å². The first-order valence-corrected chi connectivity index (χ1v) is 5.51. The first-order valence-electron chi connectivity index (χ1n) is 5.13. The summed E-state index contributed by atoms with van der Waals surface area (Å²) in [6, 6.07) is 0. The van der Waals surface area contributed by atoms with Crippen molar-refractivity contribution in [3.05, 3.63) is 16.4 Å². The quantitative estimate of drug-likeness (QED) is 0.823. The Kier molecular flexibility index (Phi) is 2.79. The standard InChI is InChI=1S/C10H16ClN3/c1-3-8-10(11)9(14(2)13-8)4-7-5-12-6-7/h7,12H,3-6H2,1-2H3. The molecule has 2 heterocycles. The van der Waals surface area contributed by atoms with Gasteiger partial charge in [0, 0.05) is 7.05 Å². The van der Waals surface area contributed by atoms with Crippen LogP contribution in [0.15, 0.2) is 0 Å². The monoisotopic (exact) mass is 213 g/mol. The van der Waals surface area contributed by atoms with Gasteiger partial charge in [0.25, 0.3) is 0 Å². The Morgan fingerprint density at radius 1 is 1.57 bits per heavy atom. The predicted molar refractivity (Wildman–Crippen MR) is 57.7 cm³/mol. The molecule has 0 aliphatic carbocycles. The summed E-state index contributed by atoms with van der Waals surface area (Å²) in [7, 11) is 1.98. The van der Waals surface area contributed by atoms with Gasteiger partial charge in [0.1, 0.15) is 0 Å². The van der Waals surface area contributed by atoms with Crippen molar-refractivity contribution in [2.24, 2.45) is 13.0 Å². The summed E-state index contributed by atoms with van der Waals surface area (Å²) in [4.78, 5) is 0. The first-order chi connectivity index (χ1) is 6.72. The molecule has 1 saturated heterocycles. The number of nitrogens with zero attached hydrogens (tertiary/aromatic N) is 2. The van der Waals surface area contributed by atoms with Crippen molar-refractivity contribution < 1.29 is 0 Å². The molecule has 78 valence electrons. The lowest BCUT2D eigenvalue weighted by molar-refractivity contribution is 0.340. The highest BCUT2D eigenvalue weighted by Gasteiger charge is 2.21. The van der Waals surface area contributed by atoms with E-state index in [2.05, 4.69) is 17.3 Å². The summed E-state index contributed by atoms with van der Waals surface area (Å²) in [5.41, 5.74) is 2.21. The summed E-state index contributed by atoms with van der Waals surface area (Å²) in [6.07, 6.45) is 1.96. The van der Waals surface area contributed by atoms with Crippen molar-refractivity contribution in [1.82, 2.24) is 15.1 Å². The molecular formula is C10H16ClN3. The lowest BCUT2D eigenvalue weighted by atomic mass is 9.97. The van der Waals surface area contributed by atoms with E-state index in [1.54, 1.807) is 0 Å². The fraction of sp³-hybridized carbons (Fsp3) is 0.700. The average Bonchev–Trinajstić information content (AvgIpc) is 2.36. The highest BCUT2D eigenvalue weighted by Crippen LogP contribution is 2.24. The highest BCUT2D eigenvalue weighted by atomic mass is 35.5. The highest BCUT2D eigenvalue weighted by molar-refractivity contribution is 6.31. The number of hydrogen-bond donors (Lipinski definition) is 1. The molecule has 0 radical (unpaired) electrons. The summed E-state index contributed by atoms with van der Waals surface area (Å²) in [6.45, 7) is 4.31. The number of halogens is 1. The average molecular weight is 214 g/mol. The van der Waals surface area contributed by atoms with Crippen molar-refractivity contribution in [3.8, 4) is 0 Å². The second-order valence-corrected chi connectivity index (χ2v) is 4.29. The van der Waals surface area contributed by atoms with Crippen LogP contribution >= 0.6 is 11.6 Å². The van der Waals surface area contributed by atoms with Crippen molar-refractivity contribution >= 4 is 11.6 Å². The maximum atomic E-state index is 6.25. The van der Waals surface area contributed by atoms with Crippen LogP contribution in [0.5, 0.6) is 0 Å². The number of aromatic nitrogens is 2. The molecule has 3 nitrogen and oxygen atoms in total. The molecule has 1 N–H and O–H groups in total. The van der Waals surface area contributed by atoms with Crippen LogP contribution in [0.25, 0.3) is 0 Å². The summed E-state index contributed by atoms with van der Waals surface area (Å²) >= 11 is 6.25. The molecule has 2 rings (SSSR count). The molecule has 0 atom stereocenters. The predicted octanol–water partition coefficient (Wildman–Crippen LogP) is 1.40. The second-order valence-electron chi connectivity index (χ2n) is 3.91. The van der Waals surface area contributed by atoms with E-state index in [1.165, 1.54) is 5.69 Å². The molecule has 0 unspecified atom stereocenters. The minimum atomic E-state index is 0.743. The number of rotatable bonds is 3. The topological polar surface area (TPSA) is 29.9 Å². The zero-order valence-electron chi connectivity index (χ0n) is 8.68.